The molecule has 0 radical (unpaired) electrons. The molecule has 1 aromatic carbocycles. The number of ether oxygens (including phenoxy) is 3. The van der Waals surface area contributed by atoms with Crippen LogP contribution in [0.25, 0.3) is 0 Å². The van der Waals surface area contributed by atoms with E-state index in [-0.39, 0.29) is 18.7 Å². The Morgan fingerprint density at radius 3 is 2.73 bits per heavy atom. The Balaban J connectivity index is 1.54. The van der Waals surface area contributed by atoms with Crippen LogP contribution in [0.5, 0.6) is 11.5 Å². The molecule has 2 atom stereocenters. The zero-order valence-electron chi connectivity index (χ0n) is 11.7. The van der Waals surface area contributed by atoms with Gasteiger partial charge in [0.15, 0.2) is 22.9 Å². The standard InChI is InChI=1S/C17H13NO4/c19-15-12-8-14-13(20-9-21-14)7-11(12)1-4-17(15)16(22-17)10-2-5-18-6-3-10/h2-3,5-8,16H,1,4,9H2. The van der Waals surface area contributed by atoms with Crippen molar-refractivity contribution in [1.29, 1.82) is 0 Å². The number of hydrogen-bond acceptors (Lipinski definition) is 5. The van der Waals surface area contributed by atoms with Crippen molar-refractivity contribution in [3.8, 4) is 11.5 Å². The van der Waals surface area contributed by atoms with Crippen molar-refractivity contribution in [3.63, 3.8) is 0 Å². The van der Waals surface area contributed by atoms with Crippen molar-refractivity contribution in [3.05, 3.63) is 53.3 Å². The lowest BCUT2D eigenvalue weighted by atomic mass is 9.79. The number of carbonyl (C=O) groups is 1. The molecule has 0 bridgehead atoms. The number of hydrogen-bond donors (Lipinski definition) is 0. The maximum Gasteiger partial charge on any atom is 0.231 e. The second-order valence-corrected chi connectivity index (χ2v) is 5.86. The first-order chi connectivity index (χ1) is 10.8. The SMILES string of the molecule is O=C1c2cc3c(cc2CCC12OC2c1ccncc1)OCO3. The molecular weight excluding hydrogens is 282 g/mol. The van der Waals surface area contributed by atoms with Gasteiger partial charge in [0.25, 0.3) is 0 Å². The number of benzene rings is 1. The van der Waals surface area contributed by atoms with Crippen LogP contribution >= 0.6 is 0 Å². The smallest absolute Gasteiger partial charge is 0.231 e. The van der Waals surface area contributed by atoms with Crippen LogP contribution in [0.2, 0.25) is 0 Å². The van der Waals surface area contributed by atoms with E-state index in [0.717, 1.165) is 23.3 Å². The predicted octanol–water partition coefficient (Wildman–Crippen LogP) is 2.45. The van der Waals surface area contributed by atoms with E-state index in [1.54, 1.807) is 18.5 Å². The highest BCUT2D eigenvalue weighted by molar-refractivity contribution is 6.07. The van der Waals surface area contributed by atoms with Gasteiger partial charge in [0.2, 0.25) is 6.79 Å². The van der Waals surface area contributed by atoms with Gasteiger partial charge >= 0.3 is 0 Å². The third-order valence-electron chi connectivity index (χ3n) is 4.70. The lowest BCUT2D eigenvalue weighted by Crippen LogP contribution is -2.31. The Morgan fingerprint density at radius 2 is 1.91 bits per heavy atom. The molecule has 5 nitrogen and oxygen atoms in total. The van der Waals surface area contributed by atoms with Gasteiger partial charge in [-0.2, -0.15) is 0 Å². The van der Waals surface area contributed by atoms with Crippen LogP contribution in [0.3, 0.4) is 0 Å². The van der Waals surface area contributed by atoms with Crippen LogP contribution in [-0.2, 0) is 11.2 Å². The first kappa shape index (κ1) is 12.2. The highest BCUT2D eigenvalue weighted by atomic mass is 16.7. The topological polar surface area (TPSA) is 61.0 Å². The average molecular weight is 295 g/mol. The van der Waals surface area contributed by atoms with Crippen LogP contribution < -0.4 is 9.47 Å². The summed E-state index contributed by atoms with van der Waals surface area (Å²) in [5.74, 6) is 1.42. The number of rotatable bonds is 1. The number of pyridine rings is 1. The summed E-state index contributed by atoms with van der Waals surface area (Å²) >= 11 is 0. The number of fused-ring (bicyclic) bond motifs is 2. The molecule has 5 rings (SSSR count). The molecular formula is C17H13NO4. The molecule has 1 spiro atoms. The van der Waals surface area contributed by atoms with E-state index >= 15 is 0 Å². The highest BCUT2D eigenvalue weighted by Gasteiger charge is 2.64. The van der Waals surface area contributed by atoms with Gasteiger partial charge in [-0.1, -0.05) is 0 Å². The number of Topliss-reactive ketones (excluding diaryl/α,β-unsaturated/α-hetero) is 1. The van der Waals surface area contributed by atoms with Gasteiger partial charge in [-0.05, 0) is 48.2 Å². The van der Waals surface area contributed by atoms with Gasteiger partial charge in [0.1, 0.15) is 6.10 Å². The predicted molar refractivity (Wildman–Crippen MR) is 76.0 cm³/mol. The minimum absolute atomic E-state index is 0.0499. The summed E-state index contributed by atoms with van der Waals surface area (Å²) < 4.78 is 16.6. The molecule has 1 aromatic heterocycles. The van der Waals surface area contributed by atoms with Crippen LogP contribution in [0.4, 0.5) is 0 Å². The van der Waals surface area contributed by atoms with Gasteiger partial charge in [0.05, 0.1) is 0 Å². The molecule has 0 saturated carbocycles. The number of ketones is 1. The zero-order chi connectivity index (χ0) is 14.7. The van der Waals surface area contributed by atoms with Crippen LogP contribution in [0, 0.1) is 0 Å². The Kier molecular flexibility index (Phi) is 2.26. The van der Waals surface area contributed by atoms with Crippen molar-refractivity contribution in [2.45, 2.75) is 24.5 Å². The minimum atomic E-state index is -0.706. The van der Waals surface area contributed by atoms with Crippen LogP contribution in [-0.4, -0.2) is 23.2 Å². The molecule has 1 fully saturated rings. The van der Waals surface area contributed by atoms with Gasteiger partial charge in [-0.25, -0.2) is 0 Å². The minimum Gasteiger partial charge on any atom is -0.454 e. The van der Waals surface area contributed by atoms with Crippen molar-refractivity contribution in [1.82, 2.24) is 4.98 Å². The van der Waals surface area contributed by atoms with Gasteiger partial charge < -0.3 is 14.2 Å². The molecule has 5 heteroatoms. The molecule has 22 heavy (non-hydrogen) atoms. The normalized spacial score (nSPS) is 27.8. The molecule has 2 aliphatic heterocycles. The van der Waals surface area contributed by atoms with E-state index in [9.17, 15) is 4.79 Å². The lowest BCUT2D eigenvalue weighted by Gasteiger charge is -2.21. The Labute approximate surface area is 126 Å². The first-order valence-electron chi connectivity index (χ1n) is 7.33. The van der Waals surface area contributed by atoms with Crippen LogP contribution in [0.1, 0.15) is 34.0 Å². The summed E-state index contributed by atoms with van der Waals surface area (Å²) in [4.78, 5) is 17.0. The first-order valence-corrected chi connectivity index (χ1v) is 7.33. The molecule has 2 unspecified atom stereocenters. The van der Waals surface area contributed by atoms with Crippen molar-refractivity contribution >= 4 is 5.78 Å². The molecule has 3 aliphatic rings. The fraction of sp³-hybridized carbons (Fsp3) is 0.294. The Hall–Kier alpha value is -2.40. The van der Waals surface area contributed by atoms with Crippen LogP contribution in [0.15, 0.2) is 36.7 Å². The summed E-state index contributed by atoms with van der Waals surface area (Å²) in [6, 6.07) is 7.53. The number of aryl methyl sites for hydroxylation is 1. The Bertz CT molecular complexity index is 789. The fourth-order valence-corrected chi connectivity index (χ4v) is 3.48. The highest BCUT2D eigenvalue weighted by Crippen LogP contribution is 2.56. The third-order valence-corrected chi connectivity index (χ3v) is 4.70. The Morgan fingerprint density at radius 1 is 1.14 bits per heavy atom. The molecule has 3 heterocycles. The molecule has 0 N–H and O–H groups in total. The second kappa shape index (κ2) is 4.08. The van der Waals surface area contributed by atoms with E-state index < -0.39 is 5.60 Å². The second-order valence-electron chi connectivity index (χ2n) is 5.86. The maximum absolute atomic E-state index is 12.9. The summed E-state index contributed by atoms with van der Waals surface area (Å²) in [5.41, 5.74) is 2.02. The molecule has 2 aromatic rings. The van der Waals surface area contributed by atoms with E-state index in [4.69, 9.17) is 14.2 Å². The number of nitrogens with zero attached hydrogens (tertiary/aromatic N) is 1. The summed E-state index contributed by atoms with van der Waals surface area (Å²) in [5, 5.41) is 0. The molecule has 1 aliphatic carbocycles. The third kappa shape index (κ3) is 1.51. The number of carbonyl (C=O) groups excluding carboxylic acids is 1. The molecule has 0 amide bonds. The van der Waals surface area contributed by atoms with E-state index in [1.807, 2.05) is 18.2 Å². The quantitative estimate of drug-likeness (QED) is 0.756. The monoisotopic (exact) mass is 295 g/mol. The summed E-state index contributed by atoms with van der Waals surface area (Å²) in [6.07, 6.45) is 4.79. The summed E-state index contributed by atoms with van der Waals surface area (Å²) in [6.45, 7) is 0.216. The lowest BCUT2D eigenvalue weighted by molar-refractivity contribution is 0.0850. The zero-order valence-corrected chi connectivity index (χ0v) is 11.7. The van der Waals surface area contributed by atoms with Crippen molar-refractivity contribution in [2.75, 3.05) is 6.79 Å². The van der Waals surface area contributed by atoms with Gasteiger partial charge in [-0.3, -0.25) is 9.78 Å². The van der Waals surface area contributed by atoms with Crippen molar-refractivity contribution < 1.29 is 19.0 Å². The number of epoxide rings is 1. The average Bonchev–Trinajstić information content (AvgIpc) is 3.11. The van der Waals surface area contributed by atoms with E-state index in [2.05, 4.69) is 4.98 Å². The van der Waals surface area contributed by atoms with Crippen molar-refractivity contribution in [2.24, 2.45) is 0 Å². The molecule has 110 valence electrons. The fourth-order valence-electron chi connectivity index (χ4n) is 3.48. The van der Waals surface area contributed by atoms with E-state index in [0.29, 0.717) is 17.7 Å². The maximum atomic E-state index is 12.9. The number of aromatic nitrogens is 1. The van der Waals surface area contributed by atoms with Gasteiger partial charge in [-0.15, -0.1) is 0 Å². The summed E-state index contributed by atoms with van der Waals surface area (Å²) in [7, 11) is 0. The molecule has 1 saturated heterocycles. The van der Waals surface area contributed by atoms with E-state index in [1.165, 1.54) is 0 Å². The largest absolute Gasteiger partial charge is 0.454 e. The van der Waals surface area contributed by atoms with Gasteiger partial charge in [0, 0.05) is 18.0 Å².